The van der Waals surface area contributed by atoms with Crippen LogP contribution in [-0.4, -0.2) is 23.9 Å². The third-order valence-electron chi connectivity index (χ3n) is 2.12. The maximum Gasteiger partial charge on any atom is 0.253 e. The molecular formula is C12H16NO. The van der Waals surface area contributed by atoms with Crippen molar-refractivity contribution in [1.29, 1.82) is 0 Å². The van der Waals surface area contributed by atoms with Crippen molar-refractivity contribution >= 4 is 5.91 Å². The smallest absolute Gasteiger partial charge is 0.253 e. The van der Waals surface area contributed by atoms with Gasteiger partial charge in [-0.3, -0.25) is 4.79 Å². The Morgan fingerprint density at radius 1 is 1.36 bits per heavy atom. The topological polar surface area (TPSA) is 20.3 Å². The molecule has 14 heavy (non-hydrogen) atoms. The van der Waals surface area contributed by atoms with Crippen LogP contribution in [0.2, 0.25) is 0 Å². The van der Waals surface area contributed by atoms with Crippen LogP contribution in [-0.2, 0) is 0 Å². The van der Waals surface area contributed by atoms with E-state index in [1.54, 1.807) is 0 Å². The second kappa shape index (κ2) is 5.43. The van der Waals surface area contributed by atoms with Crippen LogP contribution >= 0.6 is 0 Å². The van der Waals surface area contributed by atoms with Gasteiger partial charge in [-0.25, -0.2) is 0 Å². The minimum absolute atomic E-state index is 0.0942. The highest BCUT2D eigenvalue weighted by atomic mass is 16.2. The van der Waals surface area contributed by atoms with Gasteiger partial charge in [-0.1, -0.05) is 25.1 Å². The number of hydrogen-bond acceptors (Lipinski definition) is 1. The average Bonchev–Trinajstić information content (AvgIpc) is 2.26. The van der Waals surface area contributed by atoms with Crippen molar-refractivity contribution < 1.29 is 4.79 Å². The van der Waals surface area contributed by atoms with Gasteiger partial charge in [0.1, 0.15) is 0 Å². The highest BCUT2D eigenvalue weighted by molar-refractivity contribution is 5.94. The summed E-state index contributed by atoms with van der Waals surface area (Å²) in [4.78, 5) is 13.7. The van der Waals surface area contributed by atoms with Crippen LogP contribution in [0.1, 0.15) is 23.7 Å². The summed E-state index contributed by atoms with van der Waals surface area (Å²) in [6, 6.07) is 9.35. The fourth-order valence-corrected chi connectivity index (χ4v) is 1.36. The van der Waals surface area contributed by atoms with Crippen LogP contribution in [0.4, 0.5) is 0 Å². The Labute approximate surface area is 85.5 Å². The van der Waals surface area contributed by atoms with Gasteiger partial charge < -0.3 is 4.90 Å². The molecule has 0 atom stereocenters. The van der Waals surface area contributed by atoms with Gasteiger partial charge in [0, 0.05) is 18.7 Å². The lowest BCUT2D eigenvalue weighted by Gasteiger charge is -2.19. The maximum atomic E-state index is 11.9. The molecule has 0 unspecified atom stereocenters. The normalized spacial score (nSPS) is 9.86. The molecule has 0 saturated heterocycles. The van der Waals surface area contributed by atoms with Crippen LogP contribution in [0.5, 0.6) is 0 Å². The van der Waals surface area contributed by atoms with E-state index < -0.39 is 0 Å². The molecule has 1 amide bonds. The summed E-state index contributed by atoms with van der Waals surface area (Å²) in [7, 11) is 0. The molecule has 0 N–H and O–H groups in total. The van der Waals surface area contributed by atoms with E-state index in [0.717, 1.165) is 25.1 Å². The van der Waals surface area contributed by atoms with E-state index in [9.17, 15) is 4.79 Å². The first-order chi connectivity index (χ1) is 6.79. The van der Waals surface area contributed by atoms with E-state index in [1.165, 1.54) is 0 Å². The molecule has 1 aromatic rings. The molecule has 1 radical (unpaired) electrons. The number of benzene rings is 1. The minimum atomic E-state index is 0.0942. The lowest BCUT2D eigenvalue weighted by Crippen LogP contribution is -2.31. The van der Waals surface area contributed by atoms with Crippen molar-refractivity contribution in [3.8, 4) is 0 Å². The molecular weight excluding hydrogens is 174 g/mol. The number of rotatable bonds is 4. The Bertz CT molecular complexity index is 282. The highest BCUT2D eigenvalue weighted by Gasteiger charge is 2.11. The van der Waals surface area contributed by atoms with E-state index in [0.29, 0.717) is 0 Å². The Morgan fingerprint density at radius 2 is 2.00 bits per heavy atom. The minimum Gasteiger partial charge on any atom is -0.339 e. The largest absolute Gasteiger partial charge is 0.339 e. The van der Waals surface area contributed by atoms with Gasteiger partial charge in [-0.2, -0.15) is 0 Å². The summed E-state index contributed by atoms with van der Waals surface area (Å²) in [5.41, 5.74) is 0.753. The first kappa shape index (κ1) is 10.8. The zero-order valence-electron chi connectivity index (χ0n) is 8.57. The molecule has 2 nitrogen and oxygen atoms in total. The van der Waals surface area contributed by atoms with Crippen molar-refractivity contribution in [2.45, 2.75) is 13.3 Å². The van der Waals surface area contributed by atoms with E-state index in [1.807, 2.05) is 42.2 Å². The number of carbonyl (C=O) groups excluding carboxylic acids is 1. The lowest BCUT2D eigenvalue weighted by molar-refractivity contribution is 0.0767. The summed E-state index contributed by atoms with van der Waals surface area (Å²) in [5, 5.41) is 0. The van der Waals surface area contributed by atoms with Gasteiger partial charge in [0.2, 0.25) is 0 Å². The number of nitrogens with zero attached hydrogens (tertiary/aromatic N) is 1. The fourth-order valence-electron chi connectivity index (χ4n) is 1.36. The molecule has 1 aromatic carbocycles. The monoisotopic (exact) mass is 190 g/mol. The van der Waals surface area contributed by atoms with Crippen molar-refractivity contribution in [1.82, 2.24) is 4.90 Å². The Kier molecular flexibility index (Phi) is 4.17. The van der Waals surface area contributed by atoms with Crippen LogP contribution in [0.15, 0.2) is 30.3 Å². The van der Waals surface area contributed by atoms with Gasteiger partial charge in [0.15, 0.2) is 0 Å². The van der Waals surface area contributed by atoms with Crippen LogP contribution in [0.25, 0.3) is 0 Å². The molecule has 2 heteroatoms. The summed E-state index contributed by atoms with van der Waals surface area (Å²) in [5.74, 6) is 0.0942. The summed E-state index contributed by atoms with van der Waals surface area (Å²) in [6.45, 7) is 7.20. The van der Waals surface area contributed by atoms with E-state index in [4.69, 9.17) is 0 Å². The van der Waals surface area contributed by atoms with Gasteiger partial charge >= 0.3 is 0 Å². The van der Waals surface area contributed by atoms with E-state index in [2.05, 4.69) is 6.92 Å². The van der Waals surface area contributed by atoms with Crippen LogP contribution in [0, 0.1) is 6.92 Å². The second-order valence-corrected chi connectivity index (χ2v) is 3.10. The molecule has 0 spiro atoms. The number of hydrogen-bond donors (Lipinski definition) is 0. The summed E-state index contributed by atoms with van der Waals surface area (Å²) >= 11 is 0. The standard InChI is InChI=1S/C12H16NO/c1-3-10-13(4-2)12(14)11-8-6-5-7-9-11/h5-9H,1,3-4,10H2,2H3. The van der Waals surface area contributed by atoms with Crippen molar-refractivity contribution in [2.24, 2.45) is 0 Å². The third-order valence-corrected chi connectivity index (χ3v) is 2.12. The SMILES string of the molecule is [CH2]CCN(CC)C(=O)c1ccccc1. The second-order valence-electron chi connectivity index (χ2n) is 3.10. The third kappa shape index (κ3) is 2.59. The van der Waals surface area contributed by atoms with Crippen LogP contribution in [0.3, 0.4) is 0 Å². The quantitative estimate of drug-likeness (QED) is 0.713. The van der Waals surface area contributed by atoms with Gasteiger partial charge in [-0.05, 0) is 25.5 Å². The number of carbonyl (C=O) groups is 1. The molecule has 0 aliphatic carbocycles. The van der Waals surface area contributed by atoms with Crippen molar-refractivity contribution in [2.75, 3.05) is 13.1 Å². The number of amides is 1. The van der Waals surface area contributed by atoms with Crippen molar-refractivity contribution in [3.05, 3.63) is 42.8 Å². The average molecular weight is 190 g/mol. The van der Waals surface area contributed by atoms with Gasteiger partial charge in [-0.15, -0.1) is 0 Å². The zero-order valence-corrected chi connectivity index (χ0v) is 8.57. The molecule has 0 bridgehead atoms. The van der Waals surface area contributed by atoms with E-state index in [-0.39, 0.29) is 5.91 Å². The van der Waals surface area contributed by atoms with Crippen LogP contribution < -0.4 is 0 Å². The zero-order chi connectivity index (χ0) is 10.4. The highest BCUT2D eigenvalue weighted by Crippen LogP contribution is 2.04. The molecule has 0 aromatic heterocycles. The Balaban J connectivity index is 2.73. The first-order valence-corrected chi connectivity index (χ1v) is 4.93. The summed E-state index contributed by atoms with van der Waals surface area (Å²) < 4.78 is 0. The molecule has 0 fully saturated rings. The Morgan fingerprint density at radius 3 is 2.50 bits per heavy atom. The molecule has 0 heterocycles. The molecule has 75 valence electrons. The fraction of sp³-hybridized carbons (Fsp3) is 0.333. The predicted molar refractivity (Wildman–Crippen MR) is 58.0 cm³/mol. The predicted octanol–water partition coefficient (Wildman–Crippen LogP) is 2.37. The molecule has 0 saturated carbocycles. The Hall–Kier alpha value is -1.31. The van der Waals surface area contributed by atoms with Crippen molar-refractivity contribution in [3.63, 3.8) is 0 Å². The summed E-state index contributed by atoms with van der Waals surface area (Å²) in [6.07, 6.45) is 0.756. The van der Waals surface area contributed by atoms with Gasteiger partial charge in [0.05, 0.1) is 0 Å². The van der Waals surface area contributed by atoms with E-state index >= 15 is 0 Å². The van der Waals surface area contributed by atoms with Gasteiger partial charge in [0.25, 0.3) is 5.91 Å². The molecule has 0 aliphatic heterocycles. The maximum absolute atomic E-state index is 11.9. The molecule has 1 rings (SSSR count). The first-order valence-electron chi connectivity index (χ1n) is 4.93. The lowest BCUT2D eigenvalue weighted by atomic mass is 10.2. The molecule has 0 aliphatic rings.